The van der Waals surface area contributed by atoms with Gasteiger partial charge in [-0.3, -0.25) is 24.3 Å². The number of nitrogens with one attached hydrogen (secondary N) is 1. The number of thioether (sulfide) groups is 1. The van der Waals surface area contributed by atoms with Gasteiger partial charge in [0.2, 0.25) is 0 Å². The number of nitrogens with zero attached hydrogens (tertiary/aromatic N) is 2. The molecule has 3 aromatic rings. The molecular formula is C24H19N3O4S. The molecule has 0 spiro atoms. The molecule has 1 aromatic heterocycles. The van der Waals surface area contributed by atoms with Gasteiger partial charge in [-0.2, -0.15) is 0 Å². The Morgan fingerprint density at radius 2 is 1.81 bits per heavy atom. The standard InChI is InChI=1S/C24H19N3O4S/c28-22(19-10-4-5-11-20(19)31-18-8-2-1-3-9-18)26-13-14-27-23(29)21(32-24(27)30)15-17-7-6-12-25-16-17/h1-12,15-16H,13-14H2,(H,26,28)/b21-15+. The third-order valence-corrected chi connectivity index (χ3v) is 5.49. The number of para-hydroxylation sites is 2. The van der Waals surface area contributed by atoms with Crippen molar-refractivity contribution in [3.63, 3.8) is 0 Å². The summed E-state index contributed by atoms with van der Waals surface area (Å²) in [5.74, 6) is 0.299. The molecule has 0 bridgehead atoms. The summed E-state index contributed by atoms with van der Waals surface area (Å²) < 4.78 is 5.82. The van der Waals surface area contributed by atoms with E-state index in [0.717, 1.165) is 22.2 Å². The average Bonchev–Trinajstić information content (AvgIpc) is 3.08. The van der Waals surface area contributed by atoms with Crippen LogP contribution in [0.3, 0.4) is 0 Å². The van der Waals surface area contributed by atoms with Crippen LogP contribution in [0.1, 0.15) is 15.9 Å². The summed E-state index contributed by atoms with van der Waals surface area (Å²) in [5.41, 5.74) is 1.10. The van der Waals surface area contributed by atoms with Crippen LogP contribution in [0, 0.1) is 0 Å². The molecule has 1 saturated heterocycles. The summed E-state index contributed by atoms with van der Waals surface area (Å²) >= 11 is 0.874. The van der Waals surface area contributed by atoms with E-state index in [1.807, 2.05) is 18.2 Å². The van der Waals surface area contributed by atoms with Crippen molar-refractivity contribution in [1.29, 1.82) is 0 Å². The van der Waals surface area contributed by atoms with Crippen molar-refractivity contribution >= 4 is 34.9 Å². The maximum absolute atomic E-state index is 12.7. The second-order valence-electron chi connectivity index (χ2n) is 6.79. The normalized spacial score (nSPS) is 14.6. The summed E-state index contributed by atoms with van der Waals surface area (Å²) in [5, 5.41) is 2.39. The minimum atomic E-state index is -0.383. The first-order valence-corrected chi connectivity index (χ1v) is 10.7. The van der Waals surface area contributed by atoms with Gasteiger partial charge in [0.1, 0.15) is 11.5 Å². The zero-order valence-corrected chi connectivity index (χ0v) is 17.7. The van der Waals surface area contributed by atoms with Crippen LogP contribution in [0.2, 0.25) is 0 Å². The lowest BCUT2D eigenvalue weighted by atomic mass is 10.2. The minimum Gasteiger partial charge on any atom is -0.457 e. The molecule has 1 N–H and O–H groups in total. The van der Waals surface area contributed by atoms with Crippen LogP contribution in [-0.4, -0.2) is 40.0 Å². The third kappa shape index (κ3) is 5.04. The maximum atomic E-state index is 12.7. The number of hydrogen-bond donors (Lipinski definition) is 1. The van der Waals surface area contributed by atoms with E-state index in [2.05, 4.69) is 10.3 Å². The van der Waals surface area contributed by atoms with Gasteiger partial charge in [-0.05, 0) is 53.7 Å². The van der Waals surface area contributed by atoms with Crippen molar-refractivity contribution in [3.05, 3.63) is 95.2 Å². The van der Waals surface area contributed by atoms with E-state index in [9.17, 15) is 14.4 Å². The number of rotatable bonds is 7. The Kier molecular flexibility index (Phi) is 6.62. The summed E-state index contributed by atoms with van der Waals surface area (Å²) in [6.45, 7) is 0.194. The Balaban J connectivity index is 1.37. The van der Waals surface area contributed by atoms with Gasteiger partial charge in [0.05, 0.1) is 10.5 Å². The quantitative estimate of drug-likeness (QED) is 0.544. The summed E-state index contributed by atoms with van der Waals surface area (Å²) in [7, 11) is 0. The van der Waals surface area contributed by atoms with Crippen LogP contribution < -0.4 is 10.1 Å². The molecule has 4 rings (SSSR count). The molecule has 1 fully saturated rings. The molecule has 8 heteroatoms. The van der Waals surface area contributed by atoms with Gasteiger partial charge in [-0.15, -0.1) is 0 Å². The van der Waals surface area contributed by atoms with Gasteiger partial charge >= 0.3 is 0 Å². The van der Waals surface area contributed by atoms with Crippen LogP contribution in [0.5, 0.6) is 11.5 Å². The summed E-state index contributed by atoms with van der Waals surface area (Å²) in [6, 6.07) is 19.6. The predicted octanol–water partition coefficient (Wildman–Crippen LogP) is 4.34. The lowest BCUT2D eigenvalue weighted by Crippen LogP contribution is -2.37. The highest BCUT2D eigenvalue weighted by atomic mass is 32.2. The van der Waals surface area contributed by atoms with Crippen molar-refractivity contribution in [2.45, 2.75) is 0 Å². The molecule has 0 radical (unpaired) electrons. The van der Waals surface area contributed by atoms with Crippen molar-refractivity contribution in [2.75, 3.05) is 13.1 Å². The van der Waals surface area contributed by atoms with Gasteiger partial charge in [0, 0.05) is 25.5 Å². The fraction of sp³-hybridized carbons (Fsp3) is 0.0833. The highest BCUT2D eigenvalue weighted by Gasteiger charge is 2.34. The maximum Gasteiger partial charge on any atom is 0.293 e. The van der Waals surface area contributed by atoms with Crippen LogP contribution in [-0.2, 0) is 4.79 Å². The monoisotopic (exact) mass is 445 g/mol. The number of amides is 3. The first-order valence-electron chi connectivity index (χ1n) is 9.87. The summed E-state index contributed by atoms with van der Waals surface area (Å²) in [4.78, 5) is 43.0. The third-order valence-electron chi connectivity index (χ3n) is 4.58. The SMILES string of the molecule is O=C(NCCN1C(=O)S/C(=C/c2cccnc2)C1=O)c1ccccc1Oc1ccccc1. The Morgan fingerprint density at radius 3 is 2.59 bits per heavy atom. The Morgan fingerprint density at radius 1 is 1.03 bits per heavy atom. The molecule has 0 saturated carbocycles. The molecule has 0 atom stereocenters. The zero-order chi connectivity index (χ0) is 22.3. The van der Waals surface area contributed by atoms with Crippen molar-refractivity contribution < 1.29 is 19.1 Å². The van der Waals surface area contributed by atoms with E-state index < -0.39 is 0 Å². The van der Waals surface area contributed by atoms with Crippen LogP contribution in [0.25, 0.3) is 6.08 Å². The smallest absolute Gasteiger partial charge is 0.293 e. The van der Waals surface area contributed by atoms with Gasteiger partial charge < -0.3 is 10.1 Å². The highest BCUT2D eigenvalue weighted by Crippen LogP contribution is 2.31. The average molecular weight is 446 g/mol. The largest absolute Gasteiger partial charge is 0.457 e. The topological polar surface area (TPSA) is 88.6 Å². The number of carbonyl (C=O) groups excluding carboxylic acids is 3. The van der Waals surface area contributed by atoms with E-state index in [0.29, 0.717) is 22.0 Å². The van der Waals surface area contributed by atoms with Gasteiger partial charge in [-0.1, -0.05) is 36.4 Å². The molecule has 3 amide bonds. The van der Waals surface area contributed by atoms with E-state index in [1.165, 1.54) is 0 Å². The lowest BCUT2D eigenvalue weighted by molar-refractivity contribution is -0.122. The van der Waals surface area contributed by atoms with E-state index in [1.54, 1.807) is 67.0 Å². The number of carbonyl (C=O) groups is 3. The van der Waals surface area contributed by atoms with Crippen molar-refractivity contribution in [2.24, 2.45) is 0 Å². The van der Waals surface area contributed by atoms with Crippen molar-refractivity contribution in [3.8, 4) is 11.5 Å². The summed E-state index contributed by atoms with van der Waals surface area (Å²) in [6.07, 6.45) is 4.88. The molecule has 7 nitrogen and oxygen atoms in total. The van der Waals surface area contributed by atoms with Crippen LogP contribution in [0.15, 0.2) is 84.0 Å². The van der Waals surface area contributed by atoms with Gasteiger partial charge in [-0.25, -0.2) is 0 Å². The fourth-order valence-corrected chi connectivity index (χ4v) is 3.91. The second kappa shape index (κ2) is 9.93. The number of aromatic nitrogens is 1. The molecule has 1 aliphatic rings. The van der Waals surface area contributed by atoms with Gasteiger partial charge in [0.25, 0.3) is 17.1 Å². The Bertz CT molecular complexity index is 1170. The Hall–Kier alpha value is -3.91. The minimum absolute atomic E-state index is 0.0719. The molecule has 1 aliphatic heterocycles. The molecule has 2 heterocycles. The zero-order valence-electron chi connectivity index (χ0n) is 16.9. The molecule has 0 aliphatic carbocycles. The lowest BCUT2D eigenvalue weighted by Gasteiger charge is -2.14. The number of pyridine rings is 1. The van der Waals surface area contributed by atoms with E-state index in [4.69, 9.17) is 4.74 Å². The van der Waals surface area contributed by atoms with E-state index >= 15 is 0 Å². The fourth-order valence-electron chi connectivity index (χ4n) is 3.04. The first-order chi connectivity index (χ1) is 15.6. The van der Waals surface area contributed by atoms with Crippen LogP contribution >= 0.6 is 11.8 Å². The molecular weight excluding hydrogens is 426 g/mol. The van der Waals surface area contributed by atoms with E-state index in [-0.39, 0.29) is 30.1 Å². The van der Waals surface area contributed by atoms with Crippen LogP contribution in [0.4, 0.5) is 4.79 Å². The number of hydrogen-bond acceptors (Lipinski definition) is 6. The number of benzene rings is 2. The highest BCUT2D eigenvalue weighted by molar-refractivity contribution is 8.18. The Labute approximate surface area is 189 Å². The second-order valence-corrected chi connectivity index (χ2v) is 7.78. The molecule has 0 unspecified atom stereocenters. The van der Waals surface area contributed by atoms with Crippen molar-refractivity contribution in [1.82, 2.24) is 15.2 Å². The number of ether oxygens (including phenoxy) is 1. The number of imide groups is 1. The molecule has 2 aromatic carbocycles. The molecule has 32 heavy (non-hydrogen) atoms. The first kappa shape index (κ1) is 21.3. The predicted molar refractivity (Wildman–Crippen MR) is 122 cm³/mol. The van der Waals surface area contributed by atoms with Gasteiger partial charge in [0.15, 0.2) is 0 Å². The molecule has 160 valence electrons.